The van der Waals surface area contributed by atoms with Gasteiger partial charge < -0.3 is 0 Å². The Balaban J connectivity index is 2.04. The summed E-state index contributed by atoms with van der Waals surface area (Å²) in [6.45, 7) is 0. The maximum absolute atomic E-state index is 12.4. The van der Waals surface area contributed by atoms with Crippen molar-refractivity contribution in [1.29, 1.82) is 0 Å². The molecular formula is C13H14N2O3. The molecule has 1 atom stereocenters. The average molecular weight is 246 g/mol. The highest BCUT2D eigenvalue weighted by Crippen LogP contribution is 2.38. The van der Waals surface area contributed by atoms with Crippen molar-refractivity contribution in [3.8, 4) is 0 Å². The smallest absolute Gasteiger partial charge is 0.263 e. The number of hydrogen-bond donors (Lipinski definition) is 1. The van der Waals surface area contributed by atoms with Crippen molar-refractivity contribution >= 4 is 17.5 Å². The lowest BCUT2D eigenvalue weighted by Gasteiger charge is -2.30. The number of pyridine rings is 1. The van der Waals surface area contributed by atoms with E-state index in [2.05, 4.69) is 4.98 Å². The predicted octanol–water partition coefficient (Wildman–Crippen LogP) is 1.81. The molecular weight excluding hydrogens is 232 g/mol. The summed E-state index contributed by atoms with van der Waals surface area (Å²) < 4.78 is 0. The Labute approximate surface area is 104 Å². The maximum Gasteiger partial charge on any atom is 0.263 e. The molecule has 18 heavy (non-hydrogen) atoms. The van der Waals surface area contributed by atoms with Gasteiger partial charge in [-0.2, -0.15) is 5.06 Å². The van der Waals surface area contributed by atoms with Crippen LogP contribution >= 0.6 is 0 Å². The summed E-state index contributed by atoms with van der Waals surface area (Å²) in [4.78, 5) is 28.4. The first-order chi connectivity index (χ1) is 8.70. The molecule has 0 spiro atoms. The van der Waals surface area contributed by atoms with E-state index in [1.165, 1.54) is 6.20 Å². The van der Waals surface area contributed by atoms with Crippen LogP contribution in [-0.2, 0) is 4.79 Å². The first-order valence-corrected chi connectivity index (χ1v) is 6.22. The summed E-state index contributed by atoms with van der Waals surface area (Å²) >= 11 is 0. The van der Waals surface area contributed by atoms with Crippen molar-refractivity contribution in [2.24, 2.45) is 11.8 Å². The second-order valence-electron chi connectivity index (χ2n) is 4.91. The summed E-state index contributed by atoms with van der Waals surface area (Å²) in [6, 6.07) is 3.26. The minimum Gasteiger partial charge on any atom is -0.293 e. The highest BCUT2D eigenvalue weighted by atomic mass is 16.5. The monoisotopic (exact) mass is 246 g/mol. The van der Waals surface area contributed by atoms with Crippen LogP contribution in [0.15, 0.2) is 18.3 Å². The van der Waals surface area contributed by atoms with Crippen LogP contribution in [0.1, 0.15) is 36.0 Å². The third-order valence-corrected chi connectivity index (χ3v) is 3.88. The van der Waals surface area contributed by atoms with Crippen LogP contribution in [0.3, 0.4) is 0 Å². The molecule has 5 nitrogen and oxygen atoms in total. The Kier molecular flexibility index (Phi) is 2.63. The van der Waals surface area contributed by atoms with Gasteiger partial charge in [-0.15, -0.1) is 0 Å². The Morgan fingerprint density at radius 3 is 2.72 bits per heavy atom. The zero-order valence-corrected chi connectivity index (χ0v) is 9.87. The van der Waals surface area contributed by atoms with Gasteiger partial charge in [-0.25, -0.2) is 4.98 Å². The number of rotatable bonds is 1. The summed E-state index contributed by atoms with van der Waals surface area (Å²) in [7, 11) is 0. The van der Waals surface area contributed by atoms with Gasteiger partial charge in [0, 0.05) is 6.20 Å². The minimum atomic E-state index is -0.728. The fraction of sp³-hybridized carbons (Fsp3) is 0.462. The molecule has 1 aliphatic heterocycles. The van der Waals surface area contributed by atoms with Crippen LogP contribution in [0.25, 0.3) is 0 Å². The number of hydroxylamine groups is 1. The molecule has 1 aromatic rings. The molecule has 1 saturated carbocycles. The molecule has 0 aromatic carbocycles. The molecule has 1 aliphatic carbocycles. The van der Waals surface area contributed by atoms with Crippen molar-refractivity contribution in [3.63, 3.8) is 0 Å². The number of fused-ring (bicyclic) bond motifs is 1. The summed E-state index contributed by atoms with van der Waals surface area (Å²) in [6.07, 6.45) is 5.32. The number of carbonyl (C=O) groups excluding carboxylic acids is 2. The summed E-state index contributed by atoms with van der Waals surface area (Å²) in [5, 5.41) is 10.4. The van der Waals surface area contributed by atoms with E-state index >= 15 is 0 Å². The fourth-order valence-electron chi connectivity index (χ4n) is 2.98. The zero-order chi connectivity index (χ0) is 12.7. The predicted molar refractivity (Wildman–Crippen MR) is 63.3 cm³/mol. The molecule has 5 heteroatoms. The van der Waals surface area contributed by atoms with Gasteiger partial charge in [0.05, 0.1) is 5.56 Å². The van der Waals surface area contributed by atoms with Gasteiger partial charge in [-0.3, -0.25) is 14.8 Å². The first kappa shape index (κ1) is 11.3. The lowest BCUT2D eigenvalue weighted by atomic mass is 9.82. The van der Waals surface area contributed by atoms with Gasteiger partial charge in [-0.1, -0.05) is 12.8 Å². The third-order valence-electron chi connectivity index (χ3n) is 3.88. The van der Waals surface area contributed by atoms with Crippen LogP contribution in [0.4, 0.5) is 5.82 Å². The van der Waals surface area contributed by atoms with Gasteiger partial charge in [0.1, 0.15) is 5.92 Å². The molecule has 1 amide bonds. The molecule has 1 fully saturated rings. The lowest BCUT2D eigenvalue weighted by molar-refractivity contribution is -0.128. The molecule has 94 valence electrons. The highest BCUT2D eigenvalue weighted by molar-refractivity contribution is 6.20. The SMILES string of the molecule is O=C1c2cccnc2N(O)C(=O)C1C1CCCC1. The number of ketones is 1. The second-order valence-corrected chi connectivity index (χ2v) is 4.91. The van der Waals surface area contributed by atoms with Gasteiger partial charge in [0.15, 0.2) is 11.6 Å². The van der Waals surface area contributed by atoms with Crippen molar-refractivity contribution in [2.75, 3.05) is 5.06 Å². The fourth-order valence-corrected chi connectivity index (χ4v) is 2.98. The average Bonchev–Trinajstić information content (AvgIpc) is 2.90. The molecule has 0 bridgehead atoms. The Morgan fingerprint density at radius 2 is 2.00 bits per heavy atom. The number of hydrogen-bond acceptors (Lipinski definition) is 4. The van der Waals surface area contributed by atoms with E-state index in [0.717, 1.165) is 25.7 Å². The Bertz CT molecular complexity index is 509. The van der Waals surface area contributed by atoms with Gasteiger partial charge >= 0.3 is 0 Å². The summed E-state index contributed by atoms with van der Waals surface area (Å²) in [5.74, 6) is -1.33. The Morgan fingerprint density at radius 1 is 1.28 bits per heavy atom. The van der Waals surface area contributed by atoms with E-state index in [0.29, 0.717) is 10.6 Å². The van der Waals surface area contributed by atoms with Gasteiger partial charge in [0.25, 0.3) is 5.91 Å². The van der Waals surface area contributed by atoms with Crippen LogP contribution < -0.4 is 5.06 Å². The molecule has 1 N–H and O–H groups in total. The second kappa shape index (κ2) is 4.17. The number of nitrogens with zero attached hydrogens (tertiary/aromatic N) is 2. The van der Waals surface area contributed by atoms with E-state index in [1.54, 1.807) is 12.1 Å². The third kappa shape index (κ3) is 1.54. The van der Waals surface area contributed by atoms with E-state index in [9.17, 15) is 14.8 Å². The van der Waals surface area contributed by atoms with Crippen LogP contribution in [0.5, 0.6) is 0 Å². The minimum absolute atomic E-state index is 0.0572. The molecule has 2 aliphatic rings. The summed E-state index contributed by atoms with van der Waals surface area (Å²) in [5.41, 5.74) is 0.344. The number of aromatic nitrogens is 1. The Hall–Kier alpha value is -1.75. The maximum atomic E-state index is 12.4. The standard InChI is InChI=1S/C13H14N2O3/c16-11-9-6-3-7-14-12(9)15(18)13(17)10(11)8-4-1-2-5-8/h3,6-8,10,18H,1-2,4-5H2. The number of Topliss-reactive ketones (excluding diaryl/α,β-unsaturated/α-hetero) is 1. The highest BCUT2D eigenvalue weighted by Gasteiger charge is 2.44. The topological polar surface area (TPSA) is 70.5 Å². The van der Waals surface area contributed by atoms with Crippen molar-refractivity contribution in [1.82, 2.24) is 4.98 Å². The molecule has 1 aromatic heterocycles. The molecule has 0 radical (unpaired) electrons. The first-order valence-electron chi connectivity index (χ1n) is 6.22. The number of amides is 1. The van der Waals surface area contributed by atoms with Crippen molar-refractivity contribution in [3.05, 3.63) is 23.9 Å². The van der Waals surface area contributed by atoms with Crippen molar-refractivity contribution < 1.29 is 14.8 Å². The number of carbonyl (C=O) groups is 2. The molecule has 0 saturated heterocycles. The number of anilines is 1. The largest absolute Gasteiger partial charge is 0.293 e. The van der Waals surface area contributed by atoms with Crippen molar-refractivity contribution in [2.45, 2.75) is 25.7 Å². The van der Waals surface area contributed by atoms with Crippen LogP contribution in [0.2, 0.25) is 0 Å². The lowest BCUT2D eigenvalue weighted by Crippen LogP contribution is -2.46. The van der Waals surface area contributed by atoms with E-state index in [-0.39, 0.29) is 17.5 Å². The molecule has 1 unspecified atom stereocenters. The molecule has 2 heterocycles. The van der Waals surface area contributed by atoms with Gasteiger partial charge in [-0.05, 0) is 30.9 Å². The molecule has 3 rings (SSSR count). The quantitative estimate of drug-likeness (QED) is 0.606. The van der Waals surface area contributed by atoms with E-state index in [4.69, 9.17) is 0 Å². The van der Waals surface area contributed by atoms with E-state index in [1.807, 2.05) is 0 Å². The van der Waals surface area contributed by atoms with Gasteiger partial charge in [0.2, 0.25) is 0 Å². The van der Waals surface area contributed by atoms with Crippen LogP contribution in [0, 0.1) is 11.8 Å². The van der Waals surface area contributed by atoms with Crippen LogP contribution in [-0.4, -0.2) is 21.9 Å². The zero-order valence-electron chi connectivity index (χ0n) is 9.87. The normalized spacial score (nSPS) is 24.5. The van der Waals surface area contributed by atoms with E-state index < -0.39 is 11.8 Å².